The molecule has 2 N–H and O–H groups in total. The van der Waals surface area contributed by atoms with Gasteiger partial charge in [0.25, 0.3) is 0 Å². The predicted molar refractivity (Wildman–Crippen MR) is 197 cm³/mol. The van der Waals surface area contributed by atoms with E-state index in [-0.39, 0.29) is 67.0 Å². The first-order valence-electron chi connectivity index (χ1n) is 16.8. The summed E-state index contributed by atoms with van der Waals surface area (Å²) in [5, 5.41) is 9.01. The highest BCUT2D eigenvalue weighted by Gasteiger charge is 2.23. The summed E-state index contributed by atoms with van der Waals surface area (Å²) in [6, 6.07) is 7.39. The Balaban J connectivity index is 1.97. The molecule has 0 bridgehead atoms. The molecular formula is C38H46N6O10. The fourth-order valence-electron chi connectivity index (χ4n) is 4.23. The van der Waals surface area contributed by atoms with Crippen LogP contribution in [0.4, 0.5) is 15.3 Å². The Kier molecular flexibility index (Phi) is 14.7. The van der Waals surface area contributed by atoms with E-state index in [4.69, 9.17) is 34.8 Å². The molecule has 0 spiro atoms. The molecule has 2 aromatic heterocycles. The predicted octanol–water partition coefficient (Wildman–Crippen LogP) is 4.89. The Morgan fingerprint density at radius 1 is 0.833 bits per heavy atom. The van der Waals surface area contributed by atoms with E-state index in [1.165, 1.54) is 35.1 Å². The molecule has 16 heteroatoms. The van der Waals surface area contributed by atoms with Crippen LogP contribution in [0.5, 0.6) is 5.75 Å². The molecule has 3 aromatic rings. The average Bonchev–Trinajstić information content (AvgIpc) is 3.52. The number of pyridine rings is 1. The normalized spacial score (nSPS) is 11.3. The van der Waals surface area contributed by atoms with Crippen LogP contribution < -0.4 is 15.4 Å². The third kappa shape index (κ3) is 14.9. The standard InChI is InChI=1S/C38H46N6O10/c1-11-18-49-20-21-50-19-12-13-25-22-26(41-33(42-34(47)53-37(5,6)7)43-35(48)54-38(8,9)10)14-16-28(25)32(46)51-29-17-15-27(44-31(29)39-24-40-44)23-30(45)52-36(2,3)4/h1,14-17,22,24H,18-21,23H2,2-10H3,(H2,41,42,43,47,48). The van der Waals surface area contributed by atoms with Crippen LogP contribution in [0.25, 0.3) is 5.65 Å². The highest BCUT2D eigenvalue weighted by molar-refractivity contribution is 6.02. The van der Waals surface area contributed by atoms with E-state index in [0.717, 1.165) is 0 Å². The second-order valence-electron chi connectivity index (χ2n) is 14.4. The van der Waals surface area contributed by atoms with Crippen molar-refractivity contribution in [1.82, 2.24) is 25.2 Å². The Labute approximate surface area is 314 Å². The van der Waals surface area contributed by atoms with Crippen LogP contribution in [0, 0.1) is 24.2 Å². The Hall–Kier alpha value is -5.97. The molecule has 16 nitrogen and oxygen atoms in total. The summed E-state index contributed by atoms with van der Waals surface area (Å²) < 4.78 is 33.9. The number of amides is 2. The quantitative estimate of drug-likeness (QED) is 0.0715. The number of fused-ring (bicyclic) bond motifs is 1. The van der Waals surface area contributed by atoms with E-state index >= 15 is 0 Å². The summed E-state index contributed by atoms with van der Waals surface area (Å²) in [5.41, 5.74) is -1.35. The Morgan fingerprint density at radius 3 is 2.04 bits per heavy atom. The molecule has 0 saturated carbocycles. The first-order valence-corrected chi connectivity index (χ1v) is 16.8. The number of hydrogen-bond acceptors (Lipinski definition) is 13. The van der Waals surface area contributed by atoms with Crippen LogP contribution >= 0.6 is 0 Å². The second-order valence-corrected chi connectivity index (χ2v) is 14.4. The minimum atomic E-state index is -0.891. The molecule has 54 heavy (non-hydrogen) atoms. The van der Waals surface area contributed by atoms with Crippen LogP contribution in [-0.4, -0.2) is 87.9 Å². The number of alkyl carbamates (subject to hydrolysis) is 2. The number of esters is 2. The largest absolute Gasteiger partial charge is 0.460 e. The van der Waals surface area contributed by atoms with Crippen LogP contribution in [-0.2, 0) is 34.9 Å². The van der Waals surface area contributed by atoms with Crippen molar-refractivity contribution in [2.75, 3.05) is 26.4 Å². The number of benzene rings is 1. The maximum absolute atomic E-state index is 13.7. The molecule has 1 aromatic carbocycles. The number of guanidine groups is 1. The highest BCUT2D eigenvalue weighted by atomic mass is 16.6. The number of terminal acetylenes is 1. The number of aromatic nitrogens is 3. The van der Waals surface area contributed by atoms with Crippen LogP contribution in [0.3, 0.4) is 0 Å². The van der Waals surface area contributed by atoms with E-state index in [1.54, 1.807) is 68.4 Å². The molecule has 0 saturated heterocycles. The van der Waals surface area contributed by atoms with Gasteiger partial charge in [-0.1, -0.05) is 17.8 Å². The van der Waals surface area contributed by atoms with Gasteiger partial charge in [0.15, 0.2) is 11.4 Å². The number of rotatable bonds is 10. The number of carbonyl (C=O) groups is 4. The van der Waals surface area contributed by atoms with Crippen molar-refractivity contribution >= 4 is 41.4 Å². The molecule has 0 atom stereocenters. The molecule has 288 valence electrons. The van der Waals surface area contributed by atoms with E-state index in [9.17, 15) is 19.2 Å². The van der Waals surface area contributed by atoms with Gasteiger partial charge in [0.05, 0.1) is 36.6 Å². The Morgan fingerprint density at radius 2 is 1.44 bits per heavy atom. The number of ether oxygens (including phenoxy) is 6. The highest BCUT2D eigenvalue weighted by Crippen LogP contribution is 2.24. The van der Waals surface area contributed by atoms with E-state index in [2.05, 4.69) is 43.5 Å². The average molecular weight is 747 g/mol. The summed E-state index contributed by atoms with van der Waals surface area (Å²) in [6.45, 7) is 16.0. The molecule has 0 fully saturated rings. The summed E-state index contributed by atoms with van der Waals surface area (Å²) in [7, 11) is 0. The van der Waals surface area contributed by atoms with Crippen molar-refractivity contribution in [1.29, 1.82) is 0 Å². The third-order valence-corrected chi connectivity index (χ3v) is 6.07. The van der Waals surface area contributed by atoms with Gasteiger partial charge in [-0.3, -0.25) is 15.4 Å². The summed E-state index contributed by atoms with van der Waals surface area (Å²) in [6.07, 6.45) is 4.57. The lowest BCUT2D eigenvalue weighted by atomic mass is 10.1. The second kappa shape index (κ2) is 18.7. The molecule has 0 unspecified atom stereocenters. The number of nitrogens with zero attached hydrogens (tertiary/aromatic N) is 4. The number of aliphatic imine (C=N–C) groups is 1. The Bertz CT molecular complexity index is 1930. The number of nitrogens with one attached hydrogen (secondary N) is 2. The first-order chi connectivity index (χ1) is 25.2. The molecule has 0 aliphatic carbocycles. The van der Waals surface area contributed by atoms with Crippen molar-refractivity contribution in [2.45, 2.75) is 85.5 Å². The molecule has 0 radical (unpaired) electrons. The maximum Gasteiger partial charge on any atom is 0.414 e. The van der Waals surface area contributed by atoms with Crippen molar-refractivity contribution < 1.29 is 47.6 Å². The minimum absolute atomic E-state index is 0.0213. The molecule has 2 amide bonds. The number of hydrogen-bond donors (Lipinski definition) is 2. The number of carbonyl (C=O) groups excluding carboxylic acids is 4. The minimum Gasteiger partial charge on any atom is -0.460 e. The molecule has 2 heterocycles. The first kappa shape index (κ1) is 42.4. The smallest absolute Gasteiger partial charge is 0.414 e. The summed E-state index contributed by atoms with van der Waals surface area (Å²) in [5.74, 6) is 6.57. The lowest BCUT2D eigenvalue weighted by Gasteiger charge is -2.22. The van der Waals surface area contributed by atoms with Gasteiger partial charge in [0, 0.05) is 5.56 Å². The van der Waals surface area contributed by atoms with Gasteiger partial charge in [0.2, 0.25) is 5.96 Å². The fourth-order valence-corrected chi connectivity index (χ4v) is 4.23. The lowest BCUT2D eigenvalue weighted by molar-refractivity contribution is -0.154. The SMILES string of the molecule is C#CCOCCOCC#Cc1cc(N=C(NC(=O)OC(C)(C)C)NC(=O)OC(C)(C)C)ccc1C(=O)Oc1ccc(CC(=O)OC(C)(C)C)n2ncnc12. The van der Waals surface area contributed by atoms with Gasteiger partial charge < -0.3 is 28.4 Å². The molecule has 3 rings (SSSR count). The van der Waals surface area contributed by atoms with E-state index in [1.807, 2.05) is 0 Å². The van der Waals surface area contributed by atoms with Gasteiger partial charge in [-0.15, -0.1) is 6.42 Å². The van der Waals surface area contributed by atoms with Crippen molar-refractivity contribution in [2.24, 2.45) is 4.99 Å². The van der Waals surface area contributed by atoms with Crippen LogP contribution in [0.15, 0.2) is 41.7 Å². The fraction of sp³-hybridized carbons (Fsp3) is 0.447. The van der Waals surface area contributed by atoms with E-state index < -0.39 is 40.9 Å². The van der Waals surface area contributed by atoms with Crippen LogP contribution in [0.2, 0.25) is 0 Å². The maximum atomic E-state index is 13.7. The van der Waals surface area contributed by atoms with E-state index in [0.29, 0.717) is 5.69 Å². The van der Waals surface area contributed by atoms with Gasteiger partial charge >= 0.3 is 24.1 Å². The van der Waals surface area contributed by atoms with Gasteiger partial charge in [-0.05, 0) is 92.6 Å². The lowest BCUT2D eigenvalue weighted by Crippen LogP contribution is -2.47. The topological polar surface area (TPSA) is 190 Å². The third-order valence-electron chi connectivity index (χ3n) is 6.07. The zero-order valence-corrected chi connectivity index (χ0v) is 31.9. The molecule has 0 aliphatic heterocycles. The summed E-state index contributed by atoms with van der Waals surface area (Å²) in [4.78, 5) is 60.1. The zero-order chi connectivity index (χ0) is 40.1. The molecule has 0 aliphatic rings. The van der Waals surface area contributed by atoms with Crippen LogP contribution in [0.1, 0.15) is 83.9 Å². The molecular weight excluding hydrogens is 700 g/mol. The summed E-state index contributed by atoms with van der Waals surface area (Å²) >= 11 is 0. The monoisotopic (exact) mass is 746 g/mol. The van der Waals surface area contributed by atoms with Gasteiger partial charge in [0.1, 0.15) is 36.3 Å². The zero-order valence-electron chi connectivity index (χ0n) is 31.9. The van der Waals surface area contributed by atoms with Gasteiger partial charge in [-0.25, -0.2) is 28.9 Å². The van der Waals surface area contributed by atoms with Crippen molar-refractivity contribution in [3.8, 4) is 29.9 Å². The van der Waals surface area contributed by atoms with Gasteiger partial charge in [-0.2, -0.15) is 5.10 Å². The van der Waals surface area contributed by atoms with Crippen molar-refractivity contribution in [3.63, 3.8) is 0 Å². The van der Waals surface area contributed by atoms with Crippen molar-refractivity contribution in [3.05, 3.63) is 53.5 Å².